The van der Waals surface area contributed by atoms with Gasteiger partial charge < -0.3 is 10.6 Å². The molecule has 0 aromatic rings. The Balaban J connectivity index is 0. The molecule has 0 spiro atoms. The maximum atomic E-state index is 10.8. The molecule has 20 heavy (non-hydrogen) atoms. The zero-order valence-electron chi connectivity index (χ0n) is 12.7. The summed E-state index contributed by atoms with van der Waals surface area (Å²) in [5.74, 6) is 0.774. The number of rotatable bonds is 10. The van der Waals surface area contributed by atoms with Crippen molar-refractivity contribution >= 4 is 40.0 Å². The van der Waals surface area contributed by atoms with Gasteiger partial charge >= 0.3 is 0 Å². The van der Waals surface area contributed by atoms with Crippen LogP contribution in [0.3, 0.4) is 0 Å². The summed E-state index contributed by atoms with van der Waals surface area (Å²) in [7, 11) is -1.34. The molecule has 0 bridgehead atoms. The second kappa shape index (κ2) is 13.9. The van der Waals surface area contributed by atoms with Gasteiger partial charge in [0.1, 0.15) is 0 Å². The lowest BCUT2D eigenvalue weighted by Crippen LogP contribution is -2.39. The van der Waals surface area contributed by atoms with Crippen molar-refractivity contribution in [2.24, 2.45) is 4.99 Å². The molecule has 0 aromatic heterocycles. The zero-order chi connectivity index (χ0) is 14.6. The van der Waals surface area contributed by atoms with E-state index in [1.54, 1.807) is 7.05 Å². The summed E-state index contributed by atoms with van der Waals surface area (Å²) in [5.41, 5.74) is 0. The quantitative estimate of drug-likeness (QED) is 0.215. The molecule has 0 aliphatic heterocycles. The SMILES string of the molecule is CCCCCCNC(=NC)NCCCNS(C)(=O)=O.I. The predicted octanol–water partition coefficient (Wildman–Crippen LogP) is 1.29. The third-order valence-corrected chi connectivity index (χ3v) is 3.29. The maximum Gasteiger partial charge on any atom is 0.208 e. The van der Waals surface area contributed by atoms with E-state index in [-0.39, 0.29) is 24.0 Å². The van der Waals surface area contributed by atoms with E-state index in [9.17, 15) is 8.42 Å². The molecule has 0 saturated carbocycles. The zero-order valence-corrected chi connectivity index (χ0v) is 15.9. The van der Waals surface area contributed by atoms with Gasteiger partial charge in [0.05, 0.1) is 6.26 Å². The number of unbranched alkanes of at least 4 members (excludes halogenated alkanes) is 3. The van der Waals surface area contributed by atoms with Gasteiger partial charge in [-0.15, -0.1) is 24.0 Å². The molecule has 8 heteroatoms. The summed E-state index contributed by atoms with van der Waals surface area (Å²) in [4.78, 5) is 4.11. The molecule has 0 aromatic carbocycles. The number of halogens is 1. The summed E-state index contributed by atoms with van der Waals surface area (Å²) in [6.45, 7) is 4.25. The average molecular weight is 420 g/mol. The molecule has 0 fully saturated rings. The number of hydrogen-bond donors (Lipinski definition) is 3. The highest BCUT2D eigenvalue weighted by Gasteiger charge is 2.00. The van der Waals surface area contributed by atoms with Gasteiger partial charge in [0.2, 0.25) is 10.0 Å². The van der Waals surface area contributed by atoms with Crippen LogP contribution in [0.1, 0.15) is 39.0 Å². The molecule has 6 nitrogen and oxygen atoms in total. The van der Waals surface area contributed by atoms with E-state index < -0.39 is 10.0 Å². The van der Waals surface area contributed by atoms with Gasteiger partial charge in [0, 0.05) is 26.7 Å². The first-order valence-corrected chi connectivity index (χ1v) is 8.78. The topological polar surface area (TPSA) is 82.6 Å². The Hall–Kier alpha value is -0.0900. The predicted molar refractivity (Wildman–Crippen MR) is 96.4 cm³/mol. The first-order valence-electron chi connectivity index (χ1n) is 6.88. The highest BCUT2D eigenvalue weighted by Crippen LogP contribution is 1.96. The molecule has 0 heterocycles. The highest BCUT2D eigenvalue weighted by molar-refractivity contribution is 14.0. The Labute approximate surface area is 140 Å². The molecule has 0 amide bonds. The van der Waals surface area contributed by atoms with E-state index in [0.29, 0.717) is 13.1 Å². The third-order valence-electron chi connectivity index (χ3n) is 2.56. The molecule has 0 rings (SSSR count). The Morgan fingerprint density at radius 1 is 1.00 bits per heavy atom. The molecule has 0 unspecified atom stereocenters. The number of nitrogens with zero attached hydrogens (tertiary/aromatic N) is 1. The van der Waals surface area contributed by atoms with E-state index in [4.69, 9.17) is 0 Å². The van der Waals surface area contributed by atoms with Gasteiger partial charge in [-0.05, 0) is 12.8 Å². The van der Waals surface area contributed by atoms with Crippen molar-refractivity contribution in [2.75, 3.05) is 32.9 Å². The van der Waals surface area contributed by atoms with E-state index in [1.807, 2.05) is 0 Å². The largest absolute Gasteiger partial charge is 0.356 e. The van der Waals surface area contributed by atoms with Gasteiger partial charge in [-0.2, -0.15) is 0 Å². The summed E-state index contributed by atoms with van der Waals surface area (Å²) >= 11 is 0. The normalized spacial score (nSPS) is 11.8. The fourth-order valence-corrected chi connectivity index (χ4v) is 2.05. The van der Waals surface area contributed by atoms with Crippen LogP contribution in [0.15, 0.2) is 4.99 Å². The average Bonchev–Trinajstić information content (AvgIpc) is 2.34. The van der Waals surface area contributed by atoms with E-state index >= 15 is 0 Å². The lowest BCUT2D eigenvalue weighted by atomic mass is 10.2. The van der Waals surface area contributed by atoms with Crippen molar-refractivity contribution in [3.8, 4) is 0 Å². The van der Waals surface area contributed by atoms with Gasteiger partial charge in [0.15, 0.2) is 5.96 Å². The van der Waals surface area contributed by atoms with Crippen molar-refractivity contribution in [2.45, 2.75) is 39.0 Å². The van der Waals surface area contributed by atoms with E-state index in [1.165, 1.54) is 19.3 Å². The monoisotopic (exact) mass is 420 g/mol. The molecule has 3 N–H and O–H groups in total. The third kappa shape index (κ3) is 16.0. The van der Waals surface area contributed by atoms with Crippen molar-refractivity contribution in [1.82, 2.24) is 15.4 Å². The lowest BCUT2D eigenvalue weighted by Gasteiger charge is -2.11. The molecule has 0 atom stereocenters. The fraction of sp³-hybridized carbons (Fsp3) is 0.917. The number of nitrogens with one attached hydrogen (secondary N) is 3. The summed E-state index contributed by atoms with van der Waals surface area (Å²) < 4.78 is 24.1. The maximum absolute atomic E-state index is 10.8. The van der Waals surface area contributed by atoms with Crippen molar-refractivity contribution in [3.05, 3.63) is 0 Å². The van der Waals surface area contributed by atoms with Crippen molar-refractivity contribution < 1.29 is 8.42 Å². The minimum Gasteiger partial charge on any atom is -0.356 e. The number of hydrogen-bond acceptors (Lipinski definition) is 3. The molecule has 0 aliphatic rings. The van der Waals surface area contributed by atoms with Crippen LogP contribution in [-0.4, -0.2) is 47.3 Å². The number of aliphatic imine (C=N–C) groups is 1. The first-order chi connectivity index (χ1) is 8.99. The van der Waals surface area contributed by atoms with Crippen LogP contribution in [-0.2, 0) is 10.0 Å². The van der Waals surface area contributed by atoms with Gasteiger partial charge in [0.25, 0.3) is 0 Å². The van der Waals surface area contributed by atoms with Gasteiger partial charge in [-0.25, -0.2) is 13.1 Å². The van der Waals surface area contributed by atoms with Crippen molar-refractivity contribution in [1.29, 1.82) is 0 Å². The molecular formula is C12H29IN4O2S. The second-order valence-electron chi connectivity index (χ2n) is 4.51. The van der Waals surface area contributed by atoms with E-state index in [2.05, 4.69) is 27.3 Å². The lowest BCUT2D eigenvalue weighted by molar-refractivity contribution is 0.584. The number of sulfonamides is 1. The molecule has 0 aliphatic carbocycles. The van der Waals surface area contributed by atoms with Crippen LogP contribution in [0.25, 0.3) is 0 Å². The van der Waals surface area contributed by atoms with E-state index in [0.717, 1.165) is 31.6 Å². The standard InChI is InChI=1S/C12H28N4O2S.HI/c1-4-5-6-7-9-14-12(13-2)15-10-8-11-16-19(3,17)18;/h16H,4-11H2,1-3H3,(H2,13,14,15);1H. The smallest absolute Gasteiger partial charge is 0.208 e. The van der Waals surface area contributed by atoms with Crippen LogP contribution >= 0.6 is 24.0 Å². The van der Waals surface area contributed by atoms with Crippen LogP contribution in [0.2, 0.25) is 0 Å². The van der Waals surface area contributed by atoms with Crippen molar-refractivity contribution in [3.63, 3.8) is 0 Å². The molecule has 0 saturated heterocycles. The highest BCUT2D eigenvalue weighted by atomic mass is 127. The summed E-state index contributed by atoms with van der Waals surface area (Å²) in [6, 6.07) is 0. The number of guanidine groups is 1. The minimum atomic E-state index is -3.08. The molecule has 122 valence electrons. The Kier molecular flexibility index (Phi) is 15.4. The Morgan fingerprint density at radius 2 is 1.60 bits per heavy atom. The van der Waals surface area contributed by atoms with Gasteiger partial charge in [-0.3, -0.25) is 4.99 Å². The van der Waals surface area contributed by atoms with Crippen LogP contribution < -0.4 is 15.4 Å². The van der Waals surface area contributed by atoms with Gasteiger partial charge in [-0.1, -0.05) is 26.2 Å². The summed E-state index contributed by atoms with van der Waals surface area (Å²) in [6.07, 6.45) is 6.77. The minimum absolute atomic E-state index is 0. The molecular weight excluding hydrogens is 391 g/mol. The molecule has 0 radical (unpaired) electrons. The second-order valence-corrected chi connectivity index (χ2v) is 6.34. The Morgan fingerprint density at radius 3 is 2.10 bits per heavy atom. The van der Waals surface area contributed by atoms with Crippen LogP contribution in [0.5, 0.6) is 0 Å². The first kappa shape index (κ1) is 22.2. The fourth-order valence-electron chi connectivity index (χ4n) is 1.53. The van der Waals surface area contributed by atoms with Crippen LogP contribution in [0, 0.1) is 0 Å². The van der Waals surface area contributed by atoms with Crippen LogP contribution in [0.4, 0.5) is 0 Å². The summed E-state index contributed by atoms with van der Waals surface area (Å²) in [5, 5.41) is 6.39. The Bertz CT molecular complexity index is 347.